The summed E-state index contributed by atoms with van der Waals surface area (Å²) >= 11 is 4.74. The van der Waals surface area contributed by atoms with Crippen LogP contribution in [0.15, 0.2) is 58.3 Å². The molecule has 200 valence electrons. The molecule has 0 aliphatic carbocycles. The Bertz CT molecular complexity index is 1340. The number of carbonyl (C=O) groups is 1. The quantitative estimate of drug-likeness (QED) is 0.233. The number of hydrogen-bond acceptors (Lipinski definition) is 7. The number of aromatic nitrogens is 3. The Morgan fingerprint density at radius 1 is 1.11 bits per heavy atom. The second kappa shape index (κ2) is 10.5. The summed E-state index contributed by atoms with van der Waals surface area (Å²) in [5.74, 6) is 1.76. The number of amides is 1. The molecule has 38 heavy (non-hydrogen) atoms. The van der Waals surface area contributed by atoms with E-state index in [0.717, 1.165) is 47.7 Å². The fraction of sp³-hybridized carbons (Fsp3) is 0.448. The second-order valence-corrected chi connectivity index (χ2v) is 13.5. The van der Waals surface area contributed by atoms with Crippen molar-refractivity contribution in [2.75, 3.05) is 16.8 Å². The molecule has 0 aromatic carbocycles. The minimum absolute atomic E-state index is 0.0153. The number of anilines is 2. The number of nitrogens with zero attached hydrogens (tertiary/aromatic N) is 4. The molecule has 5 heterocycles. The van der Waals surface area contributed by atoms with Crippen LogP contribution < -0.4 is 14.9 Å². The zero-order valence-corrected chi connectivity index (χ0v) is 25.0. The molecule has 4 bridgehead atoms. The summed E-state index contributed by atoms with van der Waals surface area (Å²) in [6, 6.07) is 13.9. The molecule has 2 N–H and O–H groups in total. The molecule has 2 aliphatic rings. The summed E-state index contributed by atoms with van der Waals surface area (Å²) in [7, 11) is 0. The molecule has 2 aliphatic heterocycles. The smallest absolute Gasteiger partial charge is 0.265 e. The maximum Gasteiger partial charge on any atom is 0.265 e. The van der Waals surface area contributed by atoms with Crippen molar-refractivity contribution in [1.29, 1.82) is 0 Å². The van der Waals surface area contributed by atoms with Gasteiger partial charge in [0.25, 0.3) is 5.91 Å². The third-order valence-electron chi connectivity index (χ3n) is 7.46. The van der Waals surface area contributed by atoms with Gasteiger partial charge in [-0.15, -0.1) is 0 Å². The Hall–Kier alpha value is -2.65. The molecule has 5 rings (SSSR count). The van der Waals surface area contributed by atoms with Gasteiger partial charge in [0.05, 0.1) is 17.3 Å². The Balaban J connectivity index is 1.54. The number of nitrogens with one attached hydrogen (secondary N) is 2. The normalized spacial score (nSPS) is 21.5. The van der Waals surface area contributed by atoms with E-state index >= 15 is 0 Å². The van der Waals surface area contributed by atoms with Crippen LogP contribution in [0.3, 0.4) is 0 Å². The third kappa shape index (κ3) is 5.83. The molecule has 0 unspecified atom stereocenters. The average Bonchev–Trinajstić information content (AvgIpc) is 3.18. The Labute approximate surface area is 237 Å². The van der Waals surface area contributed by atoms with Gasteiger partial charge >= 0.3 is 0 Å². The predicted octanol–water partition coefficient (Wildman–Crippen LogP) is 6.92. The fourth-order valence-electron chi connectivity index (χ4n) is 5.45. The van der Waals surface area contributed by atoms with Crippen LogP contribution in [-0.2, 0) is 5.41 Å². The van der Waals surface area contributed by atoms with Gasteiger partial charge in [-0.2, -0.15) is 0 Å². The molecule has 0 saturated carbocycles. The highest BCUT2D eigenvalue weighted by molar-refractivity contribution is 9.10. The topological polar surface area (TPSA) is 83.0 Å². The van der Waals surface area contributed by atoms with E-state index in [1.54, 1.807) is 0 Å². The summed E-state index contributed by atoms with van der Waals surface area (Å²) in [6.45, 7) is 12.0. The van der Waals surface area contributed by atoms with E-state index in [9.17, 15) is 4.79 Å². The van der Waals surface area contributed by atoms with Crippen LogP contribution in [0, 0.1) is 5.92 Å². The van der Waals surface area contributed by atoms with Crippen molar-refractivity contribution in [3.05, 3.63) is 70.1 Å². The van der Waals surface area contributed by atoms with Crippen molar-refractivity contribution < 1.29 is 4.79 Å². The summed E-state index contributed by atoms with van der Waals surface area (Å²) in [4.78, 5) is 30.0. The number of halogens is 1. The largest absolute Gasteiger partial charge is 0.362 e. The molecule has 1 amide bonds. The third-order valence-corrected chi connectivity index (χ3v) is 8.63. The number of rotatable bonds is 1. The summed E-state index contributed by atoms with van der Waals surface area (Å²) in [5, 5.41) is 4.38. The summed E-state index contributed by atoms with van der Waals surface area (Å²) in [5.41, 5.74) is 2.77. The van der Waals surface area contributed by atoms with Crippen molar-refractivity contribution in [3.8, 4) is 0 Å². The van der Waals surface area contributed by atoms with Gasteiger partial charge < -0.3 is 10.2 Å². The fourth-order valence-corrected chi connectivity index (χ4v) is 6.35. The molecule has 2 atom stereocenters. The Morgan fingerprint density at radius 2 is 1.92 bits per heavy atom. The van der Waals surface area contributed by atoms with Crippen LogP contribution in [0.2, 0.25) is 0 Å². The van der Waals surface area contributed by atoms with Crippen molar-refractivity contribution in [3.63, 3.8) is 0 Å². The number of carbonyl (C=O) groups excluding carboxylic acids is 1. The van der Waals surface area contributed by atoms with E-state index in [2.05, 4.69) is 77.6 Å². The highest BCUT2D eigenvalue weighted by Gasteiger charge is 2.41. The van der Waals surface area contributed by atoms with Gasteiger partial charge in [0.2, 0.25) is 0 Å². The lowest BCUT2D eigenvalue weighted by Gasteiger charge is -2.33. The zero-order chi connectivity index (χ0) is 27.1. The SMILES string of the molecule is CC(C)(C)c1ccnc([C@@H]2CC[C@@H]3CN(c4nc(Br)ccc4C(=O)NSc4cccc(n4)N2)C(C)(C)C3)c1. The molecule has 0 spiro atoms. The average molecular weight is 596 g/mol. The molecule has 9 heteroatoms. The van der Waals surface area contributed by atoms with Crippen LogP contribution in [0.5, 0.6) is 0 Å². The first-order valence-electron chi connectivity index (χ1n) is 13.1. The summed E-state index contributed by atoms with van der Waals surface area (Å²) in [6.07, 6.45) is 4.88. The minimum atomic E-state index is -0.180. The van der Waals surface area contributed by atoms with Crippen molar-refractivity contribution >= 4 is 45.4 Å². The van der Waals surface area contributed by atoms with Gasteiger partial charge in [-0.1, -0.05) is 26.8 Å². The van der Waals surface area contributed by atoms with Gasteiger partial charge in [0.1, 0.15) is 21.3 Å². The maximum absolute atomic E-state index is 13.3. The number of pyridine rings is 3. The van der Waals surface area contributed by atoms with Crippen molar-refractivity contribution in [2.45, 2.75) is 75.9 Å². The maximum atomic E-state index is 13.3. The van der Waals surface area contributed by atoms with E-state index in [-0.39, 0.29) is 22.9 Å². The van der Waals surface area contributed by atoms with E-state index in [0.29, 0.717) is 16.5 Å². The number of fused-ring (bicyclic) bond motifs is 6. The molecular weight excluding hydrogens is 560 g/mol. The lowest BCUT2D eigenvalue weighted by Crippen LogP contribution is -2.40. The first-order valence-corrected chi connectivity index (χ1v) is 14.7. The molecule has 3 aromatic heterocycles. The highest BCUT2D eigenvalue weighted by atomic mass is 79.9. The Morgan fingerprint density at radius 3 is 2.71 bits per heavy atom. The van der Waals surface area contributed by atoms with Crippen LogP contribution in [0.25, 0.3) is 0 Å². The van der Waals surface area contributed by atoms with Gasteiger partial charge in [0, 0.05) is 30.2 Å². The highest BCUT2D eigenvalue weighted by Crippen LogP contribution is 2.41. The van der Waals surface area contributed by atoms with E-state index in [1.165, 1.54) is 17.5 Å². The van der Waals surface area contributed by atoms with Gasteiger partial charge in [0.15, 0.2) is 0 Å². The number of hydrogen-bond donors (Lipinski definition) is 2. The van der Waals surface area contributed by atoms with E-state index in [4.69, 9.17) is 15.0 Å². The predicted molar refractivity (Wildman–Crippen MR) is 158 cm³/mol. The van der Waals surface area contributed by atoms with Crippen molar-refractivity contribution in [1.82, 2.24) is 19.7 Å². The van der Waals surface area contributed by atoms with E-state index in [1.807, 2.05) is 36.5 Å². The second-order valence-electron chi connectivity index (χ2n) is 11.9. The molecule has 7 nitrogen and oxygen atoms in total. The van der Waals surface area contributed by atoms with Crippen LogP contribution >= 0.6 is 27.9 Å². The molecule has 1 fully saturated rings. The van der Waals surface area contributed by atoms with Gasteiger partial charge in [-0.25, -0.2) is 9.97 Å². The van der Waals surface area contributed by atoms with Crippen LogP contribution in [-0.4, -0.2) is 32.9 Å². The van der Waals surface area contributed by atoms with Crippen molar-refractivity contribution in [2.24, 2.45) is 5.92 Å². The zero-order valence-electron chi connectivity index (χ0n) is 22.6. The Kier molecular flexibility index (Phi) is 7.44. The van der Waals surface area contributed by atoms with Gasteiger partial charge in [-0.3, -0.25) is 14.5 Å². The summed E-state index contributed by atoms with van der Waals surface area (Å²) < 4.78 is 3.70. The van der Waals surface area contributed by atoms with Crippen LogP contribution in [0.4, 0.5) is 11.6 Å². The standard InChI is InChI=1S/C29H35BrN6OS/c1-28(2,3)19-13-14-31-22(15-19)21-11-9-18-16-29(4,5)36(17-18)26-20(10-12-23(30)33-26)27(37)35-38-25-8-6-7-24(32-21)34-25/h6-8,10,12-15,18,21H,9,11,16-17H2,1-5H3,(H,32,34)(H,35,37)/t18-,21-/m0/s1. The molecule has 0 radical (unpaired) electrons. The molecular formula is C29H35BrN6OS. The minimum Gasteiger partial charge on any atom is -0.362 e. The molecule has 3 aromatic rings. The first kappa shape index (κ1) is 26.9. The first-order chi connectivity index (χ1) is 18.0. The lowest BCUT2D eigenvalue weighted by molar-refractivity contribution is 0.0984. The van der Waals surface area contributed by atoms with Gasteiger partial charge in [-0.05, 0) is 102 Å². The lowest BCUT2D eigenvalue weighted by atomic mass is 9.86. The molecule has 1 saturated heterocycles. The monoisotopic (exact) mass is 594 g/mol. The van der Waals surface area contributed by atoms with Crippen LogP contribution in [0.1, 0.15) is 81.5 Å². The van der Waals surface area contributed by atoms with E-state index < -0.39 is 0 Å².